The maximum Gasteiger partial charge on any atom is 0.416 e. The Labute approximate surface area is 150 Å². The summed E-state index contributed by atoms with van der Waals surface area (Å²) < 4.78 is 75.9. The van der Waals surface area contributed by atoms with Crippen LogP contribution in [0, 0.1) is 0 Å². The van der Waals surface area contributed by atoms with Crippen molar-refractivity contribution in [1.82, 2.24) is 0 Å². The van der Waals surface area contributed by atoms with Crippen LogP contribution in [0.3, 0.4) is 0 Å². The van der Waals surface area contributed by atoms with Crippen LogP contribution in [0.2, 0.25) is 0 Å². The summed E-state index contributed by atoms with van der Waals surface area (Å²) in [5.41, 5.74) is -0.0916. The van der Waals surface area contributed by atoms with Crippen LogP contribution in [0.25, 0.3) is 0 Å². The van der Waals surface area contributed by atoms with Gasteiger partial charge >= 0.3 is 12.4 Å². The third kappa shape index (κ3) is 3.49. The Balaban J connectivity index is 1.92. The van der Waals surface area contributed by atoms with E-state index in [0.717, 1.165) is 24.3 Å². The average molecular weight is 388 g/mol. The zero-order valence-electron chi connectivity index (χ0n) is 13.5. The molecule has 0 fully saturated rings. The first-order valence-electron chi connectivity index (χ1n) is 7.71. The number of hydrogen-bond donors (Lipinski definition) is 0. The second-order valence-corrected chi connectivity index (χ2v) is 7.58. The number of hydrogen-bond acceptors (Lipinski definition) is 1. The molecule has 2 atom stereocenters. The van der Waals surface area contributed by atoms with Crippen LogP contribution in [0.5, 0.6) is 0 Å². The molecule has 2 aromatic carbocycles. The van der Waals surface area contributed by atoms with Crippen molar-refractivity contribution in [3.63, 3.8) is 0 Å². The van der Waals surface area contributed by atoms with Crippen molar-refractivity contribution >= 4 is 11.8 Å². The second kappa shape index (κ2) is 6.37. The predicted molar refractivity (Wildman–Crippen MR) is 89.7 cm³/mol. The molecule has 3 rings (SSSR count). The molecule has 2 unspecified atom stereocenters. The van der Waals surface area contributed by atoms with Gasteiger partial charge in [-0.05, 0) is 47.7 Å². The summed E-state index contributed by atoms with van der Waals surface area (Å²) in [7, 11) is 0. The number of alkyl halides is 6. The molecule has 138 valence electrons. The third-order valence-electron chi connectivity index (χ3n) is 4.56. The minimum atomic E-state index is -4.41. The summed E-state index contributed by atoms with van der Waals surface area (Å²) in [6, 6.07) is 9.82. The normalized spacial score (nSPS) is 23.4. The highest BCUT2D eigenvalue weighted by molar-refractivity contribution is 8.03. The number of thioether (sulfide) groups is 1. The molecule has 0 nitrogen and oxygen atoms in total. The Morgan fingerprint density at radius 3 is 1.69 bits per heavy atom. The zero-order valence-corrected chi connectivity index (χ0v) is 14.3. The molecule has 0 saturated carbocycles. The molecule has 0 spiro atoms. The fourth-order valence-electron chi connectivity index (χ4n) is 3.06. The molecule has 0 aliphatic carbocycles. The molecule has 0 amide bonds. The molecule has 0 aromatic heterocycles. The van der Waals surface area contributed by atoms with Gasteiger partial charge in [-0.1, -0.05) is 30.3 Å². The molecule has 0 bridgehead atoms. The van der Waals surface area contributed by atoms with Gasteiger partial charge < -0.3 is 0 Å². The van der Waals surface area contributed by atoms with Gasteiger partial charge in [0, 0.05) is 5.92 Å². The molecule has 0 radical (unpaired) electrons. The highest BCUT2D eigenvalue weighted by atomic mass is 32.2. The minimum absolute atomic E-state index is 0.244. The van der Waals surface area contributed by atoms with Crippen molar-refractivity contribution in [2.75, 3.05) is 0 Å². The van der Waals surface area contributed by atoms with Gasteiger partial charge in [0.25, 0.3) is 0 Å². The van der Waals surface area contributed by atoms with E-state index in [1.54, 1.807) is 0 Å². The Morgan fingerprint density at radius 2 is 1.23 bits per heavy atom. The Morgan fingerprint density at radius 1 is 0.769 bits per heavy atom. The van der Waals surface area contributed by atoms with E-state index in [0.29, 0.717) is 11.1 Å². The van der Waals surface area contributed by atoms with E-state index in [9.17, 15) is 26.3 Å². The van der Waals surface area contributed by atoms with E-state index in [1.165, 1.54) is 36.0 Å². The van der Waals surface area contributed by atoms with Crippen LogP contribution < -0.4 is 0 Å². The van der Waals surface area contributed by atoms with Crippen molar-refractivity contribution in [2.24, 2.45) is 0 Å². The van der Waals surface area contributed by atoms with E-state index in [2.05, 4.69) is 0 Å². The predicted octanol–water partition coefficient (Wildman–Crippen LogP) is 6.98. The summed E-state index contributed by atoms with van der Waals surface area (Å²) in [5.74, 6) is -0.244. The molecule has 26 heavy (non-hydrogen) atoms. The number of halogens is 6. The molecule has 1 aliphatic heterocycles. The van der Waals surface area contributed by atoms with Crippen molar-refractivity contribution in [1.29, 1.82) is 0 Å². The lowest BCUT2D eigenvalue weighted by Gasteiger charge is -2.32. The van der Waals surface area contributed by atoms with Gasteiger partial charge in [0.1, 0.15) is 0 Å². The summed E-state index contributed by atoms with van der Waals surface area (Å²) >= 11 is 1.44. The highest BCUT2D eigenvalue weighted by Crippen LogP contribution is 2.53. The first-order valence-corrected chi connectivity index (χ1v) is 8.59. The molecule has 1 heterocycles. The van der Waals surface area contributed by atoms with Crippen LogP contribution in [-0.4, -0.2) is 0 Å². The first kappa shape index (κ1) is 18.9. The van der Waals surface area contributed by atoms with Crippen molar-refractivity contribution in [3.8, 4) is 0 Å². The first-order chi connectivity index (χ1) is 12.0. The zero-order chi connectivity index (χ0) is 19.2. The van der Waals surface area contributed by atoms with Gasteiger partial charge in [0.15, 0.2) is 0 Å². The number of benzene rings is 2. The third-order valence-corrected chi connectivity index (χ3v) is 5.83. The minimum Gasteiger partial charge on any atom is -0.166 e. The molecule has 7 heteroatoms. The second-order valence-electron chi connectivity index (χ2n) is 6.23. The highest BCUT2D eigenvalue weighted by Gasteiger charge is 2.40. The van der Waals surface area contributed by atoms with Gasteiger partial charge in [-0.15, -0.1) is 11.8 Å². The number of allylic oxidation sites excluding steroid dienone is 1. The molecule has 1 aliphatic rings. The van der Waals surface area contributed by atoms with Crippen LogP contribution in [0.1, 0.15) is 35.1 Å². The topological polar surface area (TPSA) is 0 Å². The van der Waals surface area contributed by atoms with Crippen molar-refractivity contribution in [2.45, 2.75) is 29.9 Å². The summed E-state index contributed by atoms with van der Waals surface area (Å²) in [4.78, 5) is 0. The Hall–Kier alpha value is -1.89. The van der Waals surface area contributed by atoms with Crippen LogP contribution in [0.15, 0.2) is 60.0 Å². The largest absolute Gasteiger partial charge is 0.416 e. The van der Waals surface area contributed by atoms with Crippen LogP contribution >= 0.6 is 11.8 Å². The fraction of sp³-hybridized carbons (Fsp3) is 0.263. The maximum absolute atomic E-state index is 12.8. The fourth-order valence-corrected chi connectivity index (χ4v) is 4.21. The quantitative estimate of drug-likeness (QED) is 0.500. The standard InChI is InChI=1S/C19H14F6S/c1-17(13-6-8-15(9-7-13)19(23,24)25)16(10-11-26-17)12-2-4-14(5-3-12)18(20,21)22/h2-11,16H,1H3. The lowest BCUT2D eigenvalue weighted by atomic mass is 9.81. The van der Waals surface area contributed by atoms with Gasteiger partial charge in [-0.3, -0.25) is 0 Å². The molecule has 2 aromatic rings. The molecular formula is C19H14F6S. The average Bonchev–Trinajstić information content (AvgIpc) is 2.96. The van der Waals surface area contributed by atoms with Crippen molar-refractivity contribution in [3.05, 3.63) is 82.3 Å². The molecule has 0 saturated heterocycles. The van der Waals surface area contributed by atoms with E-state index in [-0.39, 0.29) is 5.92 Å². The lowest BCUT2D eigenvalue weighted by Crippen LogP contribution is -2.23. The van der Waals surface area contributed by atoms with E-state index < -0.39 is 28.2 Å². The monoisotopic (exact) mass is 388 g/mol. The molecular weight excluding hydrogens is 374 g/mol. The van der Waals surface area contributed by atoms with E-state index >= 15 is 0 Å². The lowest BCUT2D eigenvalue weighted by molar-refractivity contribution is -0.138. The van der Waals surface area contributed by atoms with Gasteiger partial charge in [-0.2, -0.15) is 26.3 Å². The van der Waals surface area contributed by atoms with Crippen LogP contribution in [0.4, 0.5) is 26.3 Å². The smallest absolute Gasteiger partial charge is 0.166 e. The van der Waals surface area contributed by atoms with Gasteiger partial charge in [0.05, 0.1) is 15.9 Å². The van der Waals surface area contributed by atoms with Crippen LogP contribution in [-0.2, 0) is 17.1 Å². The SMILES string of the molecule is CC1(c2ccc(C(F)(F)F)cc2)SC=CC1c1ccc(C(F)(F)F)cc1. The summed E-state index contributed by atoms with van der Waals surface area (Å²) in [5, 5.41) is 1.83. The Kier molecular flexibility index (Phi) is 4.63. The van der Waals surface area contributed by atoms with E-state index in [1.807, 2.05) is 18.4 Å². The van der Waals surface area contributed by atoms with Crippen molar-refractivity contribution < 1.29 is 26.3 Å². The Bertz CT molecular complexity index is 802. The van der Waals surface area contributed by atoms with E-state index in [4.69, 9.17) is 0 Å². The summed E-state index contributed by atoms with van der Waals surface area (Å²) in [6.45, 7) is 1.88. The van der Waals surface area contributed by atoms with Gasteiger partial charge in [-0.25, -0.2) is 0 Å². The van der Waals surface area contributed by atoms with Gasteiger partial charge in [0.2, 0.25) is 0 Å². The summed E-state index contributed by atoms with van der Waals surface area (Å²) in [6.07, 6.45) is -6.95. The molecule has 0 N–H and O–H groups in total. The number of rotatable bonds is 2. The maximum atomic E-state index is 12.8.